The molecular formula is C13H24N2O. The number of nitrogens with zero attached hydrogens (tertiary/aromatic N) is 1. The average molecular weight is 224 g/mol. The minimum Gasteiger partial charge on any atom is -0.342 e. The zero-order chi connectivity index (χ0) is 11.2. The van der Waals surface area contributed by atoms with Crippen molar-refractivity contribution < 1.29 is 4.79 Å². The van der Waals surface area contributed by atoms with Crippen LogP contribution in [0.4, 0.5) is 0 Å². The molecular weight excluding hydrogens is 200 g/mol. The maximum atomic E-state index is 11.8. The molecule has 3 nitrogen and oxygen atoms in total. The molecule has 1 aliphatic heterocycles. The average Bonchev–Trinajstić information content (AvgIpc) is 2.83. The molecule has 0 unspecified atom stereocenters. The van der Waals surface area contributed by atoms with Crippen molar-refractivity contribution in [3.63, 3.8) is 0 Å². The predicted octanol–water partition coefficient (Wildman–Crippen LogP) is 1.78. The van der Waals surface area contributed by atoms with E-state index in [9.17, 15) is 4.79 Å². The van der Waals surface area contributed by atoms with Crippen molar-refractivity contribution in [2.45, 2.75) is 44.9 Å². The molecule has 0 spiro atoms. The summed E-state index contributed by atoms with van der Waals surface area (Å²) in [7, 11) is 0. The Morgan fingerprint density at radius 2 is 1.75 bits per heavy atom. The first-order valence-electron chi connectivity index (χ1n) is 6.85. The predicted molar refractivity (Wildman–Crippen MR) is 65.3 cm³/mol. The topological polar surface area (TPSA) is 32.3 Å². The highest BCUT2D eigenvalue weighted by molar-refractivity contribution is 5.78. The van der Waals surface area contributed by atoms with E-state index in [1.807, 2.05) is 4.90 Å². The van der Waals surface area contributed by atoms with Gasteiger partial charge in [0.1, 0.15) is 0 Å². The van der Waals surface area contributed by atoms with Crippen molar-refractivity contribution in [2.24, 2.45) is 5.92 Å². The summed E-state index contributed by atoms with van der Waals surface area (Å²) in [5.74, 6) is 1.13. The highest BCUT2D eigenvalue weighted by Gasteiger charge is 2.18. The van der Waals surface area contributed by atoms with Crippen molar-refractivity contribution in [2.75, 3.05) is 26.2 Å². The highest BCUT2D eigenvalue weighted by atomic mass is 16.2. The van der Waals surface area contributed by atoms with Crippen LogP contribution in [0.5, 0.6) is 0 Å². The van der Waals surface area contributed by atoms with Crippen molar-refractivity contribution >= 4 is 5.91 Å². The SMILES string of the molecule is O=C(CNCC1CCCC1)N1CCCCC1. The maximum Gasteiger partial charge on any atom is 0.236 e. The molecule has 1 aliphatic carbocycles. The maximum absolute atomic E-state index is 11.8. The first-order chi connectivity index (χ1) is 7.86. The van der Waals surface area contributed by atoms with Gasteiger partial charge in [-0.05, 0) is 44.6 Å². The number of amides is 1. The molecule has 0 atom stereocenters. The van der Waals surface area contributed by atoms with Gasteiger partial charge in [-0.15, -0.1) is 0 Å². The van der Waals surface area contributed by atoms with Crippen molar-refractivity contribution in [3.8, 4) is 0 Å². The molecule has 92 valence electrons. The summed E-state index contributed by atoms with van der Waals surface area (Å²) in [4.78, 5) is 13.9. The van der Waals surface area contributed by atoms with Gasteiger partial charge in [0, 0.05) is 13.1 Å². The Morgan fingerprint density at radius 1 is 1.06 bits per heavy atom. The van der Waals surface area contributed by atoms with Crippen LogP contribution in [0.15, 0.2) is 0 Å². The first kappa shape index (κ1) is 11.9. The van der Waals surface area contributed by atoms with Gasteiger partial charge >= 0.3 is 0 Å². The molecule has 0 aromatic rings. The Labute approximate surface area is 98.6 Å². The van der Waals surface area contributed by atoms with E-state index in [4.69, 9.17) is 0 Å². The van der Waals surface area contributed by atoms with Gasteiger partial charge in [0.25, 0.3) is 0 Å². The molecule has 1 N–H and O–H groups in total. The van der Waals surface area contributed by atoms with Crippen LogP contribution >= 0.6 is 0 Å². The molecule has 1 saturated heterocycles. The van der Waals surface area contributed by atoms with Crippen LogP contribution in [0, 0.1) is 5.92 Å². The van der Waals surface area contributed by atoms with Gasteiger partial charge in [-0.25, -0.2) is 0 Å². The van der Waals surface area contributed by atoms with Gasteiger partial charge in [-0.3, -0.25) is 4.79 Å². The second-order valence-corrected chi connectivity index (χ2v) is 5.22. The molecule has 2 aliphatic rings. The number of nitrogens with one attached hydrogen (secondary N) is 1. The van der Waals surface area contributed by atoms with Crippen molar-refractivity contribution in [1.82, 2.24) is 10.2 Å². The number of rotatable bonds is 4. The zero-order valence-corrected chi connectivity index (χ0v) is 10.2. The van der Waals surface area contributed by atoms with Crippen molar-refractivity contribution in [3.05, 3.63) is 0 Å². The molecule has 0 aromatic heterocycles. The lowest BCUT2D eigenvalue weighted by Crippen LogP contribution is -2.41. The fourth-order valence-corrected chi connectivity index (χ4v) is 2.85. The molecule has 1 saturated carbocycles. The van der Waals surface area contributed by atoms with Crippen LogP contribution in [-0.4, -0.2) is 37.0 Å². The molecule has 0 radical (unpaired) electrons. The summed E-state index contributed by atoms with van der Waals surface area (Å²) in [5, 5.41) is 3.33. The van der Waals surface area contributed by atoms with E-state index >= 15 is 0 Å². The summed E-state index contributed by atoms with van der Waals surface area (Å²) in [5.41, 5.74) is 0. The van der Waals surface area contributed by atoms with Crippen molar-refractivity contribution in [1.29, 1.82) is 0 Å². The molecule has 0 aromatic carbocycles. The van der Waals surface area contributed by atoms with Gasteiger partial charge in [0.2, 0.25) is 5.91 Å². The van der Waals surface area contributed by atoms with Gasteiger partial charge < -0.3 is 10.2 Å². The molecule has 2 rings (SSSR count). The van der Waals surface area contributed by atoms with Gasteiger partial charge in [-0.1, -0.05) is 12.8 Å². The molecule has 1 heterocycles. The minimum atomic E-state index is 0.303. The van der Waals surface area contributed by atoms with Gasteiger partial charge in [0.05, 0.1) is 6.54 Å². The second-order valence-electron chi connectivity index (χ2n) is 5.22. The van der Waals surface area contributed by atoms with E-state index in [0.29, 0.717) is 12.5 Å². The number of hydrogen-bond acceptors (Lipinski definition) is 2. The summed E-state index contributed by atoms with van der Waals surface area (Å²) in [6, 6.07) is 0. The summed E-state index contributed by atoms with van der Waals surface area (Å²) in [6.07, 6.45) is 9.14. The highest BCUT2D eigenvalue weighted by Crippen LogP contribution is 2.23. The van der Waals surface area contributed by atoms with E-state index in [1.165, 1.54) is 44.9 Å². The number of carbonyl (C=O) groups is 1. The minimum absolute atomic E-state index is 0.303. The zero-order valence-electron chi connectivity index (χ0n) is 10.2. The van der Waals surface area contributed by atoms with E-state index in [2.05, 4.69) is 5.32 Å². The molecule has 2 fully saturated rings. The first-order valence-corrected chi connectivity index (χ1v) is 6.85. The fraction of sp³-hybridized carbons (Fsp3) is 0.923. The van der Waals surface area contributed by atoms with E-state index < -0.39 is 0 Å². The summed E-state index contributed by atoms with van der Waals surface area (Å²) < 4.78 is 0. The summed E-state index contributed by atoms with van der Waals surface area (Å²) >= 11 is 0. The molecule has 1 amide bonds. The summed E-state index contributed by atoms with van der Waals surface area (Å²) in [6.45, 7) is 3.55. The third-order valence-electron chi connectivity index (χ3n) is 3.89. The van der Waals surface area contributed by atoms with Gasteiger partial charge in [0.15, 0.2) is 0 Å². The van der Waals surface area contributed by atoms with Crippen LogP contribution in [0.25, 0.3) is 0 Å². The third-order valence-corrected chi connectivity index (χ3v) is 3.89. The Bertz CT molecular complexity index is 218. The normalized spacial score (nSPS) is 22.6. The number of hydrogen-bond donors (Lipinski definition) is 1. The van der Waals surface area contributed by atoms with Gasteiger partial charge in [-0.2, -0.15) is 0 Å². The lowest BCUT2D eigenvalue weighted by atomic mass is 10.1. The third kappa shape index (κ3) is 3.48. The Hall–Kier alpha value is -0.570. The van der Waals surface area contributed by atoms with E-state index in [0.717, 1.165) is 25.6 Å². The number of carbonyl (C=O) groups excluding carboxylic acids is 1. The van der Waals surface area contributed by atoms with E-state index in [-0.39, 0.29) is 0 Å². The molecule has 16 heavy (non-hydrogen) atoms. The number of likely N-dealkylation sites (tertiary alicyclic amines) is 1. The smallest absolute Gasteiger partial charge is 0.236 e. The Balaban J connectivity index is 1.59. The quantitative estimate of drug-likeness (QED) is 0.789. The van der Waals surface area contributed by atoms with E-state index in [1.54, 1.807) is 0 Å². The lowest BCUT2D eigenvalue weighted by molar-refractivity contribution is -0.131. The molecule has 0 bridgehead atoms. The Kier molecular flexibility index (Phi) is 4.64. The Morgan fingerprint density at radius 3 is 2.44 bits per heavy atom. The fourth-order valence-electron chi connectivity index (χ4n) is 2.85. The van der Waals surface area contributed by atoms with Crippen LogP contribution < -0.4 is 5.32 Å². The second kappa shape index (κ2) is 6.24. The molecule has 3 heteroatoms. The standard InChI is InChI=1S/C13H24N2O/c16-13(15-8-4-1-5-9-15)11-14-10-12-6-2-3-7-12/h12,14H,1-11H2. The van der Waals surface area contributed by atoms with Crippen LogP contribution in [0.2, 0.25) is 0 Å². The monoisotopic (exact) mass is 224 g/mol. The van der Waals surface area contributed by atoms with Crippen LogP contribution in [-0.2, 0) is 4.79 Å². The van der Waals surface area contributed by atoms with Crippen LogP contribution in [0.3, 0.4) is 0 Å². The lowest BCUT2D eigenvalue weighted by Gasteiger charge is -2.27. The number of piperidine rings is 1. The largest absolute Gasteiger partial charge is 0.342 e. The van der Waals surface area contributed by atoms with Crippen LogP contribution in [0.1, 0.15) is 44.9 Å².